The summed E-state index contributed by atoms with van der Waals surface area (Å²) >= 11 is 5.89. The number of amides is 1. The van der Waals surface area contributed by atoms with Crippen molar-refractivity contribution in [3.05, 3.63) is 53.1 Å². The summed E-state index contributed by atoms with van der Waals surface area (Å²) in [5.41, 5.74) is 0.886. The summed E-state index contributed by atoms with van der Waals surface area (Å²) in [5, 5.41) is 3.50. The number of halogens is 1. The Labute approximate surface area is 201 Å². The van der Waals surface area contributed by atoms with E-state index in [1.54, 1.807) is 12.1 Å². The molecule has 3 rings (SSSR count). The van der Waals surface area contributed by atoms with Gasteiger partial charge in [0.2, 0.25) is 15.9 Å². The summed E-state index contributed by atoms with van der Waals surface area (Å²) in [6, 6.07) is 11.4. The van der Waals surface area contributed by atoms with Gasteiger partial charge < -0.3 is 14.8 Å². The first-order valence-electron chi connectivity index (χ1n) is 11.2. The van der Waals surface area contributed by atoms with Crippen LogP contribution in [0.4, 0.5) is 0 Å². The van der Waals surface area contributed by atoms with Gasteiger partial charge in [-0.2, -0.15) is 4.31 Å². The van der Waals surface area contributed by atoms with Crippen LogP contribution in [0.15, 0.2) is 47.4 Å². The van der Waals surface area contributed by atoms with Crippen molar-refractivity contribution in [1.82, 2.24) is 9.62 Å². The number of nitrogens with one attached hydrogen (secondary N) is 1. The first kappa shape index (κ1) is 25.3. The molecule has 33 heavy (non-hydrogen) atoms. The van der Waals surface area contributed by atoms with E-state index in [1.807, 2.05) is 39.0 Å². The average molecular weight is 495 g/mol. The fourth-order valence-corrected chi connectivity index (χ4v) is 5.53. The number of carbonyl (C=O) groups is 1. The van der Waals surface area contributed by atoms with Crippen molar-refractivity contribution < 1.29 is 22.7 Å². The third kappa shape index (κ3) is 6.19. The third-order valence-electron chi connectivity index (χ3n) is 5.63. The van der Waals surface area contributed by atoms with Crippen molar-refractivity contribution in [3.63, 3.8) is 0 Å². The van der Waals surface area contributed by atoms with Crippen LogP contribution in [-0.4, -0.2) is 44.9 Å². The van der Waals surface area contributed by atoms with Gasteiger partial charge in [0.25, 0.3) is 0 Å². The van der Waals surface area contributed by atoms with E-state index in [-0.39, 0.29) is 23.4 Å². The second kappa shape index (κ2) is 11.2. The van der Waals surface area contributed by atoms with Gasteiger partial charge in [0.1, 0.15) is 0 Å². The Morgan fingerprint density at radius 3 is 2.45 bits per heavy atom. The van der Waals surface area contributed by atoms with Crippen molar-refractivity contribution in [2.45, 2.75) is 44.6 Å². The monoisotopic (exact) mass is 494 g/mol. The van der Waals surface area contributed by atoms with Gasteiger partial charge in [-0.15, -0.1) is 0 Å². The molecule has 0 bridgehead atoms. The van der Waals surface area contributed by atoms with Crippen LogP contribution < -0.4 is 14.8 Å². The molecule has 1 aliphatic rings. The summed E-state index contributed by atoms with van der Waals surface area (Å²) in [5.74, 6) is 0.718. The molecule has 0 unspecified atom stereocenters. The lowest BCUT2D eigenvalue weighted by molar-refractivity contribution is -0.126. The smallest absolute Gasteiger partial charge is 0.243 e. The van der Waals surface area contributed by atoms with Gasteiger partial charge in [-0.05, 0) is 75.6 Å². The summed E-state index contributed by atoms with van der Waals surface area (Å²) in [6.07, 6.45) is 1.26. The molecule has 1 aliphatic heterocycles. The Morgan fingerprint density at radius 2 is 1.79 bits per heavy atom. The number of benzene rings is 2. The Bertz CT molecular complexity index is 1060. The first-order chi connectivity index (χ1) is 15.8. The highest BCUT2D eigenvalue weighted by atomic mass is 35.5. The molecule has 1 heterocycles. The van der Waals surface area contributed by atoms with E-state index in [4.69, 9.17) is 21.1 Å². The van der Waals surface area contributed by atoms with Gasteiger partial charge >= 0.3 is 0 Å². The maximum atomic E-state index is 13.0. The van der Waals surface area contributed by atoms with Crippen LogP contribution in [0.1, 0.15) is 45.2 Å². The molecule has 0 aromatic heterocycles. The number of hydrogen-bond donors (Lipinski definition) is 1. The van der Waals surface area contributed by atoms with Gasteiger partial charge in [0.15, 0.2) is 11.5 Å². The van der Waals surface area contributed by atoms with Crippen molar-refractivity contribution in [2.24, 2.45) is 5.92 Å². The second-order valence-electron chi connectivity index (χ2n) is 7.96. The van der Waals surface area contributed by atoms with E-state index in [0.717, 1.165) is 5.56 Å². The highest BCUT2D eigenvalue weighted by Gasteiger charge is 2.33. The Morgan fingerprint density at radius 1 is 1.12 bits per heavy atom. The van der Waals surface area contributed by atoms with Crippen LogP contribution in [0.3, 0.4) is 0 Å². The minimum atomic E-state index is -3.68. The number of nitrogens with zero attached hydrogens (tertiary/aromatic N) is 1. The minimum Gasteiger partial charge on any atom is -0.490 e. The Balaban J connectivity index is 1.68. The van der Waals surface area contributed by atoms with Crippen molar-refractivity contribution in [3.8, 4) is 11.5 Å². The van der Waals surface area contributed by atoms with Crippen LogP contribution in [0.25, 0.3) is 0 Å². The number of ether oxygens (including phenoxy) is 2. The predicted octanol–water partition coefficient (Wildman–Crippen LogP) is 4.42. The van der Waals surface area contributed by atoms with E-state index < -0.39 is 15.9 Å². The lowest BCUT2D eigenvalue weighted by Gasteiger charge is -2.32. The number of hydrogen-bond acceptors (Lipinski definition) is 5. The van der Waals surface area contributed by atoms with Crippen LogP contribution in [0.2, 0.25) is 5.02 Å². The normalized spacial score (nSPS) is 17.9. The molecule has 0 saturated carbocycles. The highest BCUT2D eigenvalue weighted by Crippen LogP contribution is 2.31. The molecule has 9 heteroatoms. The van der Waals surface area contributed by atoms with Crippen LogP contribution in [0, 0.1) is 5.92 Å². The van der Waals surface area contributed by atoms with Gasteiger partial charge in [0.05, 0.1) is 30.1 Å². The highest BCUT2D eigenvalue weighted by molar-refractivity contribution is 7.89. The third-order valence-corrected chi connectivity index (χ3v) is 7.76. The molecule has 7 nitrogen and oxygen atoms in total. The van der Waals surface area contributed by atoms with E-state index in [0.29, 0.717) is 49.1 Å². The SMILES string of the molecule is CCOc1ccc([C@H](C)NC(=O)[C@H]2CCCN(S(=O)(=O)c3ccc(Cl)cc3)C2)cc1OCC. The van der Waals surface area contributed by atoms with Crippen LogP contribution >= 0.6 is 11.6 Å². The molecule has 0 radical (unpaired) electrons. The second-order valence-corrected chi connectivity index (χ2v) is 10.3. The number of rotatable bonds is 9. The largest absolute Gasteiger partial charge is 0.490 e. The zero-order valence-corrected chi connectivity index (χ0v) is 20.8. The zero-order chi connectivity index (χ0) is 24.0. The summed E-state index contributed by atoms with van der Waals surface area (Å²) < 4.78 is 38.7. The van der Waals surface area contributed by atoms with E-state index in [1.165, 1.54) is 16.4 Å². The van der Waals surface area contributed by atoms with E-state index >= 15 is 0 Å². The average Bonchev–Trinajstić information content (AvgIpc) is 2.81. The first-order valence-corrected chi connectivity index (χ1v) is 13.0. The quantitative estimate of drug-likeness (QED) is 0.558. The zero-order valence-electron chi connectivity index (χ0n) is 19.2. The van der Waals surface area contributed by atoms with Gasteiger partial charge in [-0.3, -0.25) is 4.79 Å². The number of carbonyl (C=O) groups excluding carboxylic acids is 1. The van der Waals surface area contributed by atoms with Gasteiger partial charge in [-0.25, -0.2) is 8.42 Å². The molecule has 1 saturated heterocycles. The summed E-state index contributed by atoms with van der Waals surface area (Å²) in [6.45, 7) is 7.28. The van der Waals surface area contributed by atoms with Crippen molar-refractivity contribution >= 4 is 27.5 Å². The lowest BCUT2D eigenvalue weighted by Crippen LogP contribution is -2.45. The molecule has 0 aliphatic carbocycles. The molecule has 0 spiro atoms. The van der Waals surface area contributed by atoms with E-state index in [2.05, 4.69) is 5.32 Å². The Hall–Kier alpha value is -2.29. The molecule has 2 aromatic carbocycles. The maximum absolute atomic E-state index is 13.0. The van der Waals surface area contributed by atoms with Crippen molar-refractivity contribution in [1.29, 1.82) is 0 Å². The fourth-order valence-electron chi connectivity index (χ4n) is 3.88. The molecule has 180 valence electrons. The molecule has 1 amide bonds. The molecule has 2 atom stereocenters. The minimum absolute atomic E-state index is 0.150. The van der Waals surface area contributed by atoms with Crippen LogP contribution in [-0.2, 0) is 14.8 Å². The number of sulfonamides is 1. The Kier molecular flexibility index (Phi) is 8.62. The predicted molar refractivity (Wildman–Crippen MR) is 128 cm³/mol. The topological polar surface area (TPSA) is 84.9 Å². The van der Waals surface area contributed by atoms with E-state index in [9.17, 15) is 13.2 Å². The van der Waals surface area contributed by atoms with Crippen molar-refractivity contribution in [2.75, 3.05) is 26.3 Å². The summed E-state index contributed by atoms with van der Waals surface area (Å²) in [4.78, 5) is 13.2. The molecule has 1 fully saturated rings. The number of piperidine rings is 1. The molecular weight excluding hydrogens is 464 g/mol. The summed E-state index contributed by atoms with van der Waals surface area (Å²) in [7, 11) is -3.68. The standard InChI is InChI=1S/C24H31ClN2O5S/c1-4-31-22-13-8-18(15-23(22)32-5-2)17(3)26-24(28)19-7-6-14-27(16-19)33(29,30)21-11-9-20(25)10-12-21/h8-13,15,17,19H,4-7,14,16H2,1-3H3,(H,26,28)/t17-,19-/m0/s1. The molecule has 1 N–H and O–H groups in total. The fraction of sp³-hybridized carbons (Fsp3) is 0.458. The van der Waals surface area contributed by atoms with Crippen LogP contribution in [0.5, 0.6) is 11.5 Å². The maximum Gasteiger partial charge on any atom is 0.243 e. The lowest BCUT2D eigenvalue weighted by atomic mass is 9.98. The van der Waals surface area contributed by atoms with Gasteiger partial charge in [0, 0.05) is 18.1 Å². The molecular formula is C24H31ClN2O5S. The van der Waals surface area contributed by atoms with Gasteiger partial charge in [-0.1, -0.05) is 17.7 Å². The molecule has 2 aromatic rings.